The topological polar surface area (TPSA) is 57.3 Å². The number of carbonyl (C=O) groups excluding carboxylic acids is 1. The second kappa shape index (κ2) is 6.85. The molecule has 0 saturated carbocycles. The molecule has 2 rings (SSSR count). The smallest absolute Gasteiger partial charge is 0.279 e. The fourth-order valence-corrected chi connectivity index (χ4v) is 2.74. The minimum atomic E-state index is -0.0471. The lowest BCUT2D eigenvalue weighted by molar-refractivity contribution is -0.884. The van der Waals surface area contributed by atoms with Gasteiger partial charge in [0.1, 0.15) is 6.54 Å². The number of nitriles is 1. The SMILES string of the molecule is C[NH+](CC(=O)Nc1cccc(C#N)c1)Cc1cccs1. The molecule has 1 aromatic carbocycles. The van der Waals surface area contributed by atoms with Gasteiger partial charge in [-0.15, -0.1) is 11.3 Å². The molecule has 0 aliphatic carbocycles. The van der Waals surface area contributed by atoms with Gasteiger partial charge in [-0.3, -0.25) is 4.79 Å². The van der Waals surface area contributed by atoms with Crippen molar-refractivity contribution in [2.24, 2.45) is 0 Å². The molecule has 0 saturated heterocycles. The first kappa shape index (κ1) is 14.3. The van der Waals surface area contributed by atoms with Gasteiger partial charge in [0.15, 0.2) is 6.54 Å². The number of anilines is 1. The number of carbonyl (C=O) groups is 1. The van der Waals surface area contributed by atoms with E-state index >= 15 is 0 Å². The van der Waals surface area contributed by atoms with E-state index < -0.39 is 0 Å². The van der Waals surface area contributed by atoms with E-state index in [1.807, 2.05) is 18.5 Å². The number of quaternary nitrogens is 1. The van der Waals surface area contributed by atoms with Crippen molar-refractivity contribution >= 4 is 22.9 Å². The van der Waals surface area contributed by atoms with Crippen molar-refractivity contribution in [1.29, 1.82) is 5.26 Å². The summed E-state index contributed by atoms with van der Waals surface area (Å²) in [5.74, 6) is -0.0471. The average Bonchev–Trinajstić information content (AvgIpc) is 2.91. The molecule has 0 aliphatic heterocycles. The number of likely N-dealkylation sites (N-methyl/N-ethyl adjacent to an activating group) is 1. The Bertz CT molecular complexity index is 616. The van der Waals surface area contributed by atoms with E-state index in [0.717, 1.165) is 11.4 Å². The van der Waals surface area contributed by atoms with Gasteiger partial charge in [-0.2, -0.15) is 5.26 Å². The second-order valence-corrected chi connectivity index (χ2v) is 5.66. The third-order valence-electron chi connectivity index (χ3n) is 2.79. The summed E-state index contributed by atoms with van der Waals surface area (Å²) >= 11 is 1.70. The maximum Gasteiger partial charge on any atom is 0.279 e. The maximum absolute atomic E-state index is 11.9. The van der Waals surface area contributed by atoms with E-state index in [0.29, 0.717) is 17.8 Å². The van der Waals surface area contributed by atoms with Crippen LogP contribution in [0, 0.1) is 11.3 Å². The first-order valence-corrected chi connectivity index (χ1v) is 7.19. The van der Waals surface area contributed by atoms with Gasteiger partial charge < -0.3 is 10.2 Å². The van der Waals surface area contributed by atoms with Crippen LogP contribution >= 0.6 is 11.3 Å². The van der Waals surface area contributed by atoms with Gasteiger partial charge in [-0.05, 0) is 29.6 Å². The third-order valence-corrected chi connectivity index (χ3v) is 3.67. The molecule has 1 aromatic heterocycles. The third kappa shape index (κ3) is 4.19. The summed E-state index contributed by atoms with van der Waals surface area (Å²) in [4.78, 5) is 14.3. The first-order chi connectivity index (χ1) is 9.67. The summed E-state index contributed by atoms with van der Waals surface area (Å²) in [5.41, 5.74) is 1.21. The number of benzene rings is 1. The summed E-state index contributed by atoms with van der Waals surface area (Å²) in [6.45, 7) is 1.23. The van der Waals surface area contributed by atoms with Crippen molar-refractivity contribution in [2.45, 2.75) is 6.54 Å². The zero-order valence-electron chi connectivity index (χ0n) is 11.2. The van der Waals surface area contributed by atoms with Gasteiger partial charge in [0.05, 0.1) is 23.6 Å². The number of thiophene rings is 1. The largest absolute Gasteiger partial charge is 0.325 e. The molecule has 4 nitrogen and oxygen atoms in total. The highest BCUT2D eigenvalue weighted by Crippen LogP contribution is 2.09. The highest BCUT2D eigenvalue weighted by molar-refractivity contribution is 7.09. The van der Waals surface area contributed by atoms with E-state index in [1.54, 1.807) is 35.6 Å². The van der Waals surface area contributed by atoms with Crippen LogP contribution < -0.4 is 10.2 Å². The molecule has 1 atom stereocenters. The van der Waals surface area contributed by atoms with Crippen molar-refractivity contribution in [3.63, 3.8) is 0 Å². The molecule has 1 amide bonds. The van der Waals surface area contributed by atoms with E-state index in [-0.39, 0.29) is 5.91 Å². The van der Waals surface area contributed by atoms with Crippen molar-refractivity contribution in [3.05, 3.63) is 52.2 Å². The van der Waals surface area contributed by atoms with Gasteiger partial charge in [-0.1, -0.05) is 12.1 Å². The lowest BCUT2D eigenvalue weighted by atomic mass is 10.2. The van der Waals surface area contributed by atoms with Crippen molar-refractivity contribution in [3.8, 4) is 6.07 Å². The van der Waals surface area contributed by atoms with Gasteiger partial charge in [0.25, 0.3) is 5.91 Å². The van der Waals surface area contributed by atoms with Crippen molar-refractivity contribution < 1.29 is 9.69 Å². The summed E-state index contributed by atoms with van der Waals surface area (Å²) in [7, 11) is 1.99. The number of hydrogen-bond acceptors (Lipinski definition) is 3. The molecule has 0 radical (unpaired) electrons. The summed E-state index contributed by atoms with van der Waals surface area (Å²) in [6.07, 6.45) is 0. The molecule has 2 N–H and O–H groups in total. The second-order valence-electron chi connectivity index (χ2n) is 4.63. The van der Waals surface area contributed by atoms with E-state index in [2.05, 4.69) is 17.5 Å². The van der Waals surface area contributed by atoms with E-state index in [9.17, 15) is 4.79 Å². The number of rotatable bonds is 5. The quantitative estimate of drug-likeness (QED) is 0.870. The fourth-order valence-electron chi connectivity index (χ4n) is 1.92. The Morgan fingerprint density at radius 3 is 2.95 bits per heavy atom. The molecular formula is C15H16N3OS+. The molecule has 0 bridgehead atoms. The normalized spacial score (nSPS) is 11.6. The van der Waals surface area contributed by atoms with E-state index in [4.69, 9.17) is 5.26 Å². The van der Waals surface area contributed by atoms with Crippen LogP contribution in [0.1, 0.15) is 10.4 Å². The highest BCUT2D eigenvalue weighted by atomic mass is 32.1. The molecule has 0 aliphatic rings. The van der Waals surface area contributed by atoms with Crippen LogP contribution in [0.15, 0.2) is 41.8 Å². The van der Waals surface area contributed by atoms with Crippen LogP contribution in [0.2, 0.25) is 0 Å². The summed E-state index contributed by atoms with van der Waals surface area (Å²) in [5, 5.41) is 13.7. The molecule has 0 spiro atoms. The molecule has 102 valence electrons. The molecule has 1 heterocycles. The number of nitrogens with zero attached hydrogens (tertiary/aromatic N) is 1. The number of hydrogen-bond donors (Lipinski definition) is 2. The summed E-state index contributed by atoms with van der Waals surface area (Å²) < 4.78 is 0. The highest BCUT2D eigenvalue weighted by Gasteiger charge is 2.11. The van der Waals surface area contributed by atoms with Crippen LogP contribution in [0.25, 0.3) is 0 Å². The molecule has 2 aromatic rings. The van der Waals surface area contributed by atoms with Gasteiger partial charge >= 0.3 is 0 Å². The Morgan fingerprint density at radius 1 is 1.40 bits per heavy atom. The van der Waals surface area contributed by atoms with E-state index in [1.165, 1.54) is 4.88 Å². The van der Waals surface area contributed by atoms with Crippen LogP contribution in [-0.2, 0) is 11.3 Å². The van der Waals surface area contributed by atoms with Gasteiger partial charge in [0, 0.05) is 5.69 Å². The fraction of sp³-hybridized carbons (Fsp3) is 0.200. The van der Waals surface area contributed by atoms with Crippen LogP contribution in [0.4, 0.5) is 5.69 Å². The Morgan fingerprint density at radius 2 is 2.25 bits per heavy atom. The van der Waals surface area contributed by atoms with Crippen LogP contribution in [0.3, 0.4) is 0 Å². The Balaban J connectivity index is 1.87. The first-order valence-electron chi connectivity index (χ1n) is 6.31. The molecule has 20 heavy (non-hydrogen) atoms. The van der Waals surface area contributed by atoms with Crippen LogP contribution in [-0.4, -0.2) is 19.5 Å². The van der Waals surface area contributed by atoms with Crippen molar-refractivity contribution in [1.82, 2.24) is 0 Å². The predicted molar refractivity (Wildman–Crippen MR) is 79.6 cm³/mol. The van der Waals surface area contributed by atoms with Crippen LogP contribution in [0.5, 0.6) is 0 Å². The average molecular weight is 286 g/mol. The number of amides is 1. The lowest BCUT2D eigenvalue weighted by Gasteiger charge is -2.12. The monoisotopic (exact) mass is 286 g/mol. The van der Waals surface area contributed by atoms with Gasteiger partial charge in [0.2, 0.25) is 0 Å². The molecule has 5 heteroatoms. The Kier molecular flexibility index (Phi) is 4.88. The lowest BCUT2D eigenvalue weighted by Crippen LogP contribution is -3.08. The Hall–Kier alpha value is -2.16. The Labute approximate surface area is 122 Å². The zero-order chi connectivity index (χ0) is 14.4. The zero-order valence-corrected chi connectivity index (χ0v) is 12.0. The van der Waals surface area contributed by atoms with Gasteiger partial charge in [-0.25, -0.2) is 0 Å². The van der Waals surface area contributed by atoms with Crippen molar-refractivity contribution in [2.75, 3.05) is 18.9 Å². The minimum absolute atomic E-state index is 0.0471. The predicted octanol–water partition coefficient (Wildman–Crippen LogP) is 1.27. The number of nitrogens with one attached hydrogen (secondary N) is 2. The maximum atomic E-state index is 11.9. The summed E-state index contributed by atoms with van der Waals surface area (Å²) in [6, 6.07) is 13.1. The molecular weight excluding hydrogens is 270 g/mol. The minimum Gasteiger partial charge on any atom is -0.325 e. The standard InChI is InChI=1S/C15H15N3OS/c1-18(10-14-6-3-7-20-14)11-15(19)17-13-5-2-4-12(8-13)9-16/h2-8H,10-11H2,1H3,(H,17,19)/p+1. The molecule has 1 unspecified atom stereocenters. The molecule has 0 fully saturated rings.